The molecule has 1 aliphatic rings. The molecule has 0 aromatic heterocycles. The van der Waals surface area contributed by atoms with Crippen molar-refractivity contribution in [1.29, 1.82) is 0 Å². The lowest BCUT2D eigenvalue weighted by Gasteiger charge is -2.23. The van der Waals surface area contributed by atoms with Crippen molar-refractivity contribution in [3.63, 3.8) is 0 Å². The second kappa shape index (κ2) is 7.19. The van der Waals surface area contributed by atoms with Crippen LogP contribution in [-0.2, 0) is 21.3 Å². The Labute approximate surface area is 134 Å². The Hall–Kier alpha value is -0.470. The lowest BCUT2D eigenvalue weighted by molar-refractivity contribution is 0.0200. The average molecular weight is 377 g/mol. The van der Waals surface area contributed by atoms with Crippen LogP contribution in [0.4, 0.5) is 0 Å². The molecule has 1 saturated heterocycles. The van der Waals surface area contributed by atoms with E-state index in [0.29, 0.717) is 25.3 Å². The third-order valence-corrected chi connectivity index (χ3v) is 6.03. The maximum Gasteiger partial charge on any atom is 0.240 e. The molecule has 1 atom stereocenters. The third kappa shape index (κ3) is 4.26. The van der Waals surface area contributed by atoms with Crippen molar-refractivity contribution in [3.8, 4) is 0 Å². The molecule has 1 aliphatic heterocycles. The van der Waals surface area contributed by atoms with Crippen molar-refractivity contribution in [1.82, 2.24) is 4.72 Å². The van der Waals surface area contributed by atoms with E-state index in [1.54, 1.807) is 13.0 Å². The van der Waals surface area contributed by atoms with Crippen LogP contribution in [0.2, 0.25) is 0 Å². The first-order valence-electron chi connectivity index (χ1n) is 7.04. The van der Waals surface area contributed by atoms with Gasteiger partial charge in [-0.2, -0.15) is 0 Å². The molecule has 21 heavy (non-hydrogen) atoms. The van der Waals surface area contributed by atoms with Gasteiger partial charge in [-0.3, -0.25) is 0 Å². The molecule has 1 aromatic carbocycles. The second-order valence-corrected chi connectivity index (χ2v) is 7.84. The predicted octanol–water partition coefficient (Wildman–Crippen LogP) is 2.06. The van der Waals surface area contributed by atoms with Crippen molar-refractivity contribution in [2.75, 3.05) is 13.2 Å². The lowest BCUT2D eigenvalue weighted by atomic mass is 10.1. The zero-order chi connectivity index (χ0) is 15.5. The van der Waals surface area contributed by atoms with Crippen molar-refractivity contribution < 1.29 is 13.2 Å². The minimum atomic E-state index is -3.56. The minimum Gasteiger partial charge on any atom is -0.377 e. The Morgan fingerprint density at radius 1 is 1.43 bits per heavy atom. The van der Waals surface area contributed by atoms with E-state index in [1.165, 1.54) is 0 Å². The Morgan fingerprint density at radius 2 is 2.19 bits per heavy atom. The normalized spacial score (nSPS) is 19.7. The van der Waals surface area contributed by atoms with Crippen LogP contribution in [-0.4, -0.2) is 27.7 Å². The first kappa shape index (κ1) is 16.9. The van der Waals surface area contributed by atoms with Crippen LogP contribution in [0.1, 0.15) is 30.4 Å². The summed E-state index contributed by atoms with van der Waals surface area (Å²) in [7, 11) is -3.56. The Balaban J connectivity index is 2.16. The molecule has 1 aromatic rings. The molecule has 3 N–H and O–H groups in total. The third-order valence-electron chi connectivity index (χ3n) is 3.66. The number of hydrogen-bond donors (Lipinski definition) is 2. The lowest BCUT2D eigenvalue weighted by Crippen LogP contribution is -2.35. The number of ether oxygens (including phenoxy) is 1. The number of rotatable bonds is 5. The van der Waals surface area contributed by atoms with Gasteiger partial charge in [0, 0.05) is 24.2 Å². The van der Waals surface area contributed by atoms with Gasteiger partial charge in [0.2, 0.25) is 10.0 Å². The van der Waals surface area contributed by atoms with Crippen LogP contribution in [0.25, 0.3) is 0 Å². The van der Waals surface area contributed by atoms with Crippen molar-refractivity contribution in [3.05, 3.63) is 27.7 Å². The molecular weight excluding hydrogens is 356 g/mol. The molecule has 0 saturated carbocycles. The summed E-state index contributed by atoms with van der Waals surface area (Å²) >= 11 is 3.39. The van der Waals surface area contributed by atoms with E-state index < -0.39 is 10.0 Å². The first-order chi connectivity index (χ1) is 9.94. The van der Waals surface area contributed by atoms with Crippen molar-refractivity contribution in [2.24, 2.45) is 5.73 Å². The Bertz CT molecular complexity index is 598. The van der Waals surface area contributed by atoms with Gasteiger partial charge in [-0.05, 0) is 49.4 Å². The Kier molecular flexibility index (Phi) is 5.79. The van der Waals surface area contributed by atoms with Gasteiger partial charge < -0.3 is 10.5 Å². The summed E-state index contributed by atoms with van der Waals surface area (Å²) in [5.74, 6) is 0. The predicted molar refractivity (Wildman–Crippen MR) is 85.5 cm³/mol. The molecule has 5 nitrogen and oxygen atoms in total. The largest absolute Gasteiger partial charge is 0.377 e. The fraction of sp³-hybridized carbons (Fsp3) is 0.571. The van der Waals surface area contributed by atoms with E-state index >= 15 is 0 Å². The molecule has 0 aliphatic carbocycles. The van der Waals surface area contributed by atoms with Gasteiger partial charge in [0.1, 0.15) is 0 Å². The summed E-state index contributed by atoms with van der Waals surface area (Å²) in [6, 6.07) is 3.47. The fourth-order valence-electron chi connectivity index (χ4n) is 2.35. The second-order valence-electron chi connectivity index (χ2n) is 5.25. The maximum atomic E-state index is 12.5. The molecule has 118 valence electrons. The van der Waals surface area contributed by atoms with E-state index in [1.807, 2.05) is 6.07 Å². The summed E-state index contributed by atoms with van der Waals surface area (Å²) in [6.07, 6.45) is 3.00. The number of sulfonamides is 1. The molecule has 0 amide bonds. The zero-order valence-corrected chi connectivity index (χ0v) is 14.5. The molecule has 0 radical (unpaired) electrons. The topological polar surface area (TPSA) is 81.4 Å². The zero-order valence-electron chi connectivity index (χ0n) is 12.1. The molecule has 1 unspecified atom stereocenters. The van der Waals surface area contributed by atoms with E-state index in [2.05, 4.69) is 20.7 Å². The summed E-state index contributed by atoms with van der Waals surface area (Å²) in [5, 5.41) is 0. The van der Waals surface area contributed by atoms with Crippen molar-refractivity contribution >= 4 is 26.0 Å². The number of benzene rings is 1. The highest BCUT2D eigenvalue weighted by molar-refractivity contribution is 9.10. The number of nitrogens with two attached hydrogens (primary N) is 1. The van der Waals surface area contributed by atoms with Gasteiger partial charge in [-0.15, -0.1) is 0 Å². The molecule has 0 bridgehead atoms. The van der Waals surface area contributed by atoms with Gasteiger partial charge in [0.15, 0.2) is 0 Å². The van der Waals surface area contributed by atoms with Crippen LogP contribution < -0.4 is 10.5 Å². The van der Waals surface area contributed by atoms with Crippen LogP contribution >= 0.6 is 15.9 Å². The highest BCUT2D eigenvalue weighted by Gasteiger charge is 2.22. The van der Waals surface area contributed by atoms with E-state index in [4.69, 9.17) is 10.5 Å². The quantitative estimate of drug-likeness (QED) is 0.823. The van der Waals surface area contributed by atoms with Gasteiger partial charge >= 0.3 is 0 Å². The van der Waals surface area contributed by atoms with E-state index in [-0.39, 0.29) is 11.0 Å². The van der Waals surface area contributed by atoms with Gasteiger partial charge in [0.05, 0.1) is 11.0 Å². The van der Waals surface area contributed by atoms with Crippen molar-refractivity contribution in [2.45, 2.75) is 43.7 Å². The molecular formula is C14H21BrN2O3S. The molecule has 1 fully saturated rings. The molecule has 7 heteroatoms. The van der Waals surface area contributed by atoms with Gasteiger partial charge in [-0.1, -0.05) is 15.9 Å². The fourth-order valence-corrected chi connectivity index (χ4v) is 4.37. The highest BCUT2D eigenvalue weighted by Crippen LogP contribution is 2.25. The summed E-state index contributed by atoms with van der Waals surface area (Å²) in [4.78, 5) is 0.271. The number of halogens is 1. The van der Waals surface area contributed by atoms with Gasteiger partial charge in [0.25, 0.3) is 0 Å². The standard InChI is InChI=1S/C14H21BrN2O3S/c1-10-13(15)6-11(8-16)7-14(10)21(18,19)17-9-12-4-2-3-5-20-12/h6-7,12,17H,2-5,8-9,16H2,1H3. The Morgan fingerprint density at radius 3 is 2.81 bits per heavy atom. The van der Waals surface area contributed by atoms with E-state index in [0.717, 1.165) is 29.3 Å². The maximum absolute atomic E-state index is 12.5. The summed E-state index contributed by atoms with van der Waals surface area (Å²) in [5.41, 5.74) is 7.08. The van der Waals surface area contributed by atoms with Crippen LogP contribution in [0.5, 0.6) is 0 Å². The SMILES string of the molecule is Cc1c(Br)cc(CN)cc1S(=O)(=O)NCC1CCCCO1. The van der Waals surface area contributed by atoms with Crippen LogP contribution in [0.15, 0.2) is 21.5 Å². The smallest absolute Gasteiger partial charge is 0.240 e. The summed E-state index contributed by atoms with van der Waals surface area (Å²) < 4.78 is 33.9. The van der Waals surface area contributed by atoms with Crippen LogP contribution in [0, 0.1) is 6.92 Å². The molecule has 1 heterocycles. The van der Waals surface area contributed by atoms with Crippen LogP contribution in [0.3, 0.4) is 0 Å². The number of hydrogen-bond acceptors (Lipinski definition) is 4. The van der Waals surface area contributed by atoms with Gasteiger partial charge in [-0.25, -0.2) is 13.1 Å². The average Bonchev–Trinajstić information content (AvgIpc) is 2.48. The van der Waals surface area contributed by atoms with E-state index in [9.17, 15) is 8.42 Å². The monoisotopic (exact) mass is 376 g/mol. The summed E-state index contributed by atoms with van der Waals surface area (Å²) in [6.45, 7) is 3.09. The highest BCUT2D eigenvalue weighted by atomic mass is 79.9. The molecule has 0 spiro atoms. The first-order valence-corrected chi connectivity index (χ1v) is 9.32. The molecule has 2 rings (SSSR count). The number of nitrogens with one attached hydrogen (secondary N) is 1. The minimum absolute atomic E-state index is 0.0324.